The van der Waals surface area contributed by atoms with Gasteiger partial charge in [0.15, 0.2) is 5.13 Å². The van der Waals surface area contributed by atoms with Gasteiger partial charge in [-0.15, -0.1) is 11.3 Å². The fourth-order valence-electron chi connectivity index (χ4n) is 2.37. The summed E-state index contributed by atoms with van der Waals surface area (Å²) in [5.41, 5.74) is 2.17. The van der Waals surface area contributed by atoms with E-state index in [0.29, 0.717) is 12.5 Å². The first-order valence-electron chi connectivity index (χ1n) is 6.68. The number of aliphatic hydroxyl groups excluding tert-OH is 1. The van der Waals surface area contributed by atoms with Crippen LogP contribution in [0.2, 0.25) is 0 Å². The summed E-state index contributed by atoms with van der Waals surface area (Å²) < 4.78 is 0. The van der Waals surface area contributed by atoms with Crippen LogP contribution in [0.3, 0.4) is 0 Å². The topological polar surface area (TPSA) is 36.4 Å². The van der Waals surface area contributed by atoms with E-state index in [1.54, 1.807) is 11.3 Å². The second kappa shape index (κ2) is 5.31. The van der Waals surface area contributed by atoms with E-state index < -0.39 is 0 Å². The van der Waals surface area contributed by atoms with Crippen LogP contribution >= 0.6 is 11.3 Å². The molecule has 0 aliphatic carbocycles. The number of hydrogen-bond acceptors (Lipinski definition) is 4. The summed E-state index contributed by atoms with van der Waals surface area (Å²) >= 11 is 1.66. The smallest absolute Gasteiger partial charge is 0.185 e. The van der Waals surface area contributed by atoms with Crippen molar-refractivity contribution in [2.24, 2.45) is 5.92 Å². The number of aromatic nitrogens is 1. The zero-order valence-corrected chi connectivity index (χ0v) is 11.8. The summed E-state index contributed by atoms with van der Waals surface area (Å²) in [6, 6.07) is 10.2. The van der Waals surface area contributed by atoms with Crippen molar-refractivity contribution in [2.45, 2.75) is 19.4 Å². The standard InChI is InChI=1S/C15H18N2OS/c1-11-7-8-17(9-14(11)18)15-16-13(10-19-15)12-5-3-2-4-6-12/h2-6,10-11,14,18H,7-9H2,1H3. The molecule has 0 amide bonds. The Balaban J connectivity index is 1.79. The summed E-state index contributed by atoms with van der Waals surface area (Å²) in [5, 5.41) is 13.1. The van der Waals surface area contributed by atoms with Crippen LogP contribution in [0.1, 0.15) is 13.3 Å². The van der Waals surface area contributed by atoms with Gasteiger partial charge in [-0.3, -0.25) is 0 Å². The average Bonchev–Trinajstić information content (AvgIpc) is 2.93. The minimum Gasteiger partial charge on any atom is -0.391 e. The molecule has 2 unspecified atom stereocenters. The van der Waals surface area contributed by atoms with E-state index in [1.165, 1.54) is 0 Å². The van der Waals surface area contributed by atoms with E-state index in [0.717, 1.165) is 29.4 Å². The third-order valence-electron chi connectivity index (χ3n) is 3.75. The molecule has 19 heavy (non-hydrogen) atoms. The van der Waals surface area contributed by atoms with Gasteiger partial charge in [0.2, 0.25) is 0 Å². The predicted octanol–water partition coefficient (Wildman–Crippen LogP) is 3.02. The van der Waals surface area contributed by atoms with Crippen LogP contribution in [-0.4, -0.2) is 29.3 Å². The first-order valence-corrected chi connectivity index (χ1v) is 7.56. The fourth-order valence-corrected chi connectivity index (χ4v) is 3.25. The highest BCUT2D eigenvalue weighted by Crippen LogP contribution is 2.30. The van der Waals surface area contributed by atoms with E-state index in [4.69, 9.17) is 4.98 Å². The molecule has 1 saturated heterocycles. The molecule has 100 valence electrons. The van der Waals surface area contributed by atoms with Crippen molar-refractivity contribution in [1.82, 2.24) is 4.98 Å². The van der Waals surface area contributed by atoms with Gasteiger partial charge in [-0.25, -0.2) is 4.98 Å². The zero-order valence-electron chi connectivity index (χ0n) is 11.0. The van der Waals surface area contributed by atoms with Gasteiger partial charge in [0.05, 0.1) is 11.8 Å². The predicted molar refractivity (Wildman–Crippen MR) is 79.6 cm³/mol. The van der Waals surface area contributed by atoms with Gasteiger partial charge < -0.3 is 10.0 Å². The molecular formula is C15H18N2OS. The van der Waals surface area contributed by atoms with Crippen molar-refractivity contribution in [1.29, 1.82) is 0 Å². The number of nitrogens with zero attached hydrogens (tertiary/aromatic N) is 2. The third-order valence-corrected chi connectivity index (χ3v) is 4.65. The highest BCUT2D eigenvalue weighted by atomic mass is 32.1. The monoisotopic (exact) mass is 274 g/mol. The molecule has 1 aliphatic heterocycles. The molecule has 0 radical (unpaired) electrons. The molecule has 0 spiro atoms. The van der Waals surface area contributed by atoms with Gasteiger partial charge >= 0.3 is 0 Å². The molecule has 1 aromatic carbocycles. The lowest BCUT2D eigenvalue weighted by molar-refractivity contribution is 0.103. The maximum Gasteiger partial charge on any atom is 0.185 e. The van der Waals surface area contributed by atoms with E-state index in [-0.39, 0.29) is 6.10 Å². The number of rotatable bonds is 2. The van der Waals surface area contributed by atoms with Crippen LogP contribution in [0.15, 0.2) is 35.7 Å². The van der Waals surface area contributed by atoms with E-state index in [1.807, 2.05) is 18.2 Å². The Labute approximate surface area is 117 Å². The van der Waals surface area contributed by atoms with Crippen molar-refractivity contribution >= 4 is 16.5 Å². The largest absolute Gasteiger partial charge is 0.391 e. The molecule has 1 N–H and O–H groups in total. The Bertz CT molecular complexity index is 540. The van der Waals surface area contributed by atoms with Crippen LogP contribution in [0, 0.1) is 5.92 Å². The molecule has 1 aromatic heterocycles. The molecule has 4 heteroatoms. The van der Waals surface area contributed by atoms with Crippen LogP contribution in [-0.2, 0) is 0 Å². The van der Waals surface area contributed by atoms with Crippen molar-refractivity contribution in [2.75, 3.05) is 18.0 Å². The molecule has 1 aliphatic rings. The Morgan fingerprint density at radius 2 is 2.11 bits per heavy atom. The molecule has 0 saturated carbocycles. The molecule has 3 rings (SSSR count). The Kier molecular flexibility index (Phi) is 3.53. The van der Waals surface area contributed by atoms with Gasteiger partial charge in [-0.1, -0.05) is 37.3 Å². The quantitative estimate of drug-likeness (QED) is 0.914. The molecule has 1 fully saturated rings. The first kappa shape index (κ1) is 12.6. The van der Waals surface area contributed by atoms with Crippen LogP contribution in [0.5, 0.6) is 0 Å². The zero-order chi connectivity index (χ0) is 13.2. The van der Waals surface area contributed by atoms with Crippen LogP contribution in [0.25, 0.3) is 11.3 Å². The lowest BCUT2D eigenvalue weighted by Gasteiger charge is -2.33. The van der Waals surface area contributed by atoms with Crippen molar-refractivity contribution in [3.63, 3.8) is 0 Å². The van der Waals surface area contributed by atoms with E-state index >= 15 is 0 Å². The number of aliphatic hydroxyl groups is 1. The Hall–Kier alpha value is -1.39. The Morgan fingerprint density at radius 3 is 2.84 bits per heavy atom. The van der Waals surface area contributed by atoms with Crippen molar-refractivity contribution in [3.8, 4) is 11.3 Å². The summed E-state index contributed by atoms with van der Waals surface area (Å²) in [7, 11) is 0. The van der Waals surface area contributed by atoms with Crippen LogP contribution < -0.4 is 4.90 Å². The van der Waals surface area contributed by atoms with Gasteiger partial charge in [0, 0.05) is 24.0 Å². The third kappa shape index (κ3) is 2.65. The maximum absolute atomic E-state index is 9.97. The minimum atomic E-state index is -0.238. The lowest BCUT2D eigenvalue weighted by atomic mass is 9.96. The number of hydrogen-bond donors (Lipinski definition) is 1. The minimum absolute atomic E-state index is 0.238. The highest BCUT2D eigenvalue weighted by molar-refractivity contribution is 7.14. The number of anilines is 1. The second-order valence-corrected chi connectivity index (χ2v) is 6.00. The number of thiazole rings is 1. The summed E-state index contributed by atoms with van der Waals surface area (Å²) in [6.07, 6.45) is 0.791. The van der Waals surface area contributed by atoms with Crippen LogP contribution in [0.4, 0.5) is 5.13 Å². The summed E-state index contributed by atoms with van der Waals surface area (Å²) in [4.78, 5) is 6.89. The number of β-amino-alcohol motifs (C(OH)–C–C–N with tert-alkyl or cyclic N) is 1. The molecule has 2 aromatic rings. The average molecular weight is 274 g/mol. The number of benzene rings is 1. The molecular weight excluding hydrogens is 256 g/mol. The van der Waals surface area contributed by atoms with Gasteiger partial charge in [0.1, 0.15) is 0 Å². The van der Waals surface area contributed by atoms with E-state index in [9.17, 15) is 5.11 Å². The highest BCUT2D eigenvalue weighted by Gasteiger charge is 2.25. The SMILES string of the molecule is CC1CCN(c2nc(-c3ccccc3)cs2)CC1O. The van der Waals surface area contributed by atoms with Gasteiger partial charge in [-0.2, -0.15) is 0 Å². The molecule has 0 bridgehead atoms. The van der Waals surface area contributed by atoms with Crippen molar-refractivity contribution in [3.05, 3.63) is 35.7 Å². The Morgan fingerprint density at radius 1 is 1.32 bits per heavy atom. The van der Waals surface area contributed by atoms with Gasteiger partial charge in [-0.05, 0) is 12.3 Å². The van der Waals surface area contributed by atoms with E-state index in [2.05, 4.69) is 29.3 Å². The number of piperidine rings is 1. The second-order valence-electron chi connectivity index (χ2n) is 5.16. The molecule has 2 atom stereocenters. The maximum atomic E-state index is 9.97. The summed E-state index contributed by atoms with van der Waals surface area (Å²) in [6.45, 7) is 3.79. The van der Waals surface area contributed by atoms with Gasteiger partial charge in [0.25, 0.3) is 0 Å². The lowest BCUT2D eigenvalue weighted by Crippen LogP contribution is -2.42. The fraction of sp³-hybridized carbons (Fsp3) is 0.400. The normalized spacial score (nSPS) is 23.6. The first-order chi connectivity index (χ1) is 9.24. The van der Waals surface area contributed by atoms with Crippen molar-refractivity contribution < 1.29 is 5.11 Å². The molecule has 2 heterocycles. The molecule has 3 nitrogen and oxygen atoms in total. The summed E-state index contributed by atoms with van der Waals surface area (Å²) in [5.74, 6) is 0.393.